The molecule has 1 aromatic rings. The van der Waals surface area contributed by atoms with Crippen molar-refractivity contribution in [3.63, 3.8) is 0 Å². The maximum absolute atomic E-state index is 12.4. The van der Waals surface area contributed by atoms with E-state index in [0.29, 0.717) is 31.9 Å². The summed E-state index contributed by atoms with van der Waals surface area (Å²) in [6.45, 7) is 6.90. The largest absolute Gasteiger partial charge is 0.474 e. The van der Waals surface area contributed by atoms with Crippen molar-refractivity contribution >= 4 is 11.6 Å². The van der Waals surface area contributed by atoms with Crippen molar-refractivity contribution in [3.05, 3.63) is 17.8 Å². The van der Waals surface area contributed by atoms with Gasteiger partial charge in [0.1, 0.15) is 12.3 Å². The average Bonchev–Trinajstić information content (AvgIpc) is 2.42. The van der Waals surface area contributed by atoms with E-state index in [1.165, 1.54) is 0 Å². The van der Waals surface area contributed by atoms with Crippen LogP contribution in [0.2, 0.25) is 0 Å². The molecule has 5 nitrogen and oxygen atoms in total. The standard InChI is InChI=1S/C15H22N2O3/c1-15(2,3)14(19)17-8-10-20-13-12(17)7-6-11(16-13)5-4-9-18/h6-7,18H,4-5,8-10H2,1-3H3. The first-order chi connectivity index (χ1) is 9.43. The van der Waals surface area contributed by atoms with Gasteiger partial charge in [0.15, 0.2) is 0 Å². The molecule has 0 bridgehead atoms. The molecule has 2 rings (SSSR count). The number of aliphatic hydroxyl groups excluding tert-OH is 1. The molecule has 0 atom stereocenters. The Hall–Kier alpha value is -1.62. The summed E-state index contributed by atoms with van der Waals surface area (Å²) < 4.78 is 5.57. The molecule has 0 spiro atoms. The smallest absolute Gasteiger partial charge is 0.238 e. The van der Waals surface area contributed by atoms with Gasteiger partial charge in [-0.15, -0.1) is 0 Å². The number of hydrogen-bond donors (Lipinski definition) is 1. The zero-order valence-electron chi connectivity index (χ0n) is 12.3. The molecular formula is C15H22N2O3. The quantitative estimate of drug-likeness (QED) is 0.915. The normalized spacial score (nSPS) is 14.7. The predicted molar refractivity (Wildman–Crippen MR) is 76.9 cm³/mol. The van der Waals surface area contributed by atoms with Gasteiger partial charge in [0.25, 0.3) is 0 Å². The number of aliphatic hydroxyl groups is 1. The number of hydrogen-bond acceptors (Lipinski definition) is 4. The van der Waals surface area contributed by atoms with Crippen LogP contribution >= 0.6 is 0 Å². The van der Waals surface area contributed by atoms with E-state index < -0.39 is 5.41 Å². The summed E-state index contributed by atoms with van der Waals surface area (Å²) in [5.41, 5.74) is 1.19. The summed E-state index contributed by atoms with van der Waals surface area (Å²) in [6.07, 6.45) is 1.39. The molecule has 0 radical (unpaired) electrons. The summed E-state index contributed by atoms with van der Waals surface area (Å²) in [6, 6.07) is 3.78. The maximum Gasteiger partial charge on any atom is 0.238 e. The third-order valence-electron chi connectivity index (χ3n) is 3.22. The van der Waals surface area contributed by atoms with E-state index in [1.807, 2.05) is 32.9 Å². The minimum Gasteiger partial charge on any atom is -0.474 e. The van der Waals surface area contributed by atoms with Crippen LogP contribution in [0.5, 0.6) is 5.88 Å². The van der Waals surface area contributed by atoms with Gasteiger partial charge in [-0.2, -0.15) is 0 Å². The van der Waals surface area contributed by atoms with E-state index >= 15 is 0 Å². The fourth-order valence-electron chi connectivity index (χ4n) is 2.15. The lowest BCUT2D eigenvalue weighted by Gasteiger charge is -2.33. The number of rotatable bonds is 3. The summed E-state index contributed by atoms with van der Waals surface area (Å²) in [7, 11) is 0. The first-order valence-electron chi connectivity index (χ1n) is 6.99. The second-order valence-corrected chi connectivity index (χ2v) is 6.01. The molecule has 1 aromatic heterocycles. The molecule has 1 amide bonds. The molecule has 0 aromatic carbocycles. The Morgan fingerprint density at radius 1 is 1.45 bits per heavy atom. The Morgan fingerprint density at radius 2 is 2.20 bits per heavy atom. The predicted octanol–water partition coefficient (Wildman–Crippen LogP) is 1.78. The van der Waals surface area contributed by atoms with E-state index in [0.717, 1.165) is 11.4 Å². The first kappa shape index (κ1) is 14.8. The highest BCUT2D eigenvalue weighted by atomic mass is 16.5. The highest BCUT2D eigenvalue weighted by molar-refractivity contribution is 5.98. The van der Waals surface area contributed by atoms with E-state index in [4.69, 9.17) is 9.84 Å². The molecule has 1 aliphatic rings. The second-order valence-electron chi connectivity index (χ2n) is 6.01. The number of aryl methyl sites for hydroxylation is 1. The number of pyridine rings is 1. The monoisotopic (exact) mass is 278 g/mol. The first-order valence-corrected chi connectivity index (χ1v) is 6.99. The SMILES string of the molecule is CC(C)(C)C(=O)N1CCOc2nc(CCCO)ccc21. The van der Waals surface area contributed by atoms with Gasteiger partial charge >= 0.3 is 0 Å². The van der Waals surface area contributed by atoms with Crippen molar-refractivity contribution in [2.45, 2.75) is 33.6 Å². The lowest BCUT2D eigenvalue weighted by molar-refractivity contribution is -0.126. The maximum atomic E-state index is 12.4. The molecule has 2 heterocycles. The van der Waals surface area contributed by atoms with Crippen LogP contribution in [0, 0.1) is 5.41 Å². The van der Waals surface area contributed by atoms with Gasteiger partial charge in [-0.25, -0.2) is 4.98 Å². The van der Waals surface area contributed by atoms with Crippen LogP contribution < -0.4 is 9.64 Å². The molecule has 20 heavy (non-hydrogen) atoms. The molecule has 0 saturated heterocycles. The number of fused-ring (bicyclic) bond motifs is 1. The molecule has 0 unspecified atom stereocenters. The van der Waals surface area contributed by atoms with Crippen LogP contribution in [-0.2, 0) is 11.2 Å². The molecule has 0 aliphatic carbocycles. The minimum atomic E-state index is -0.426. The van der Waals surface area contributed by atoms with Crippen molar-refractivity contribution in [2.24, 2.45) is 5.41 Å². The van der Waals surface area contributed by atoms with Crippen molar-refractivity contribution < 1.29 is 14.6 Å². The summed E-state index contributed by atoms with van der Waals surface area (Å²) >= 11 is 0. The van der Waals surface area contributed by atoms with Gasteiger partial charge in [0.05, 0.1) is 6.54 Å². The van der Waals surface area contributed by atoms with E-state index in [1.54, 1.807) is 4.90 Å². The molecule has 0 saturated carbocycles. The topological polar surface area (TPSA) is 62.7 Å². The molecule has 110 valence electrons. The van der Waals surface area contributed by atoms with Gasteiger partial charge in [-0.3, -0.25) is 4.79 Å². The summed E-state index contributed by atoms with van der Waals surface area (Å²) in [4.78, 5) is 18.6. The van der Waals surface area contributed by atoms with Gasteiger partial charge < -0.3 is 14.7 Å². The van der Waals surface area contributed by atoms with Crippen LogP contribution in [0.3, 0.4) is 0 Å². The fourth-order valence-corrected chi connectivity index (χ4v) is 2.15. The number of ether oxygens (including phenoxy) is 1. The number of carbonyl (C=O) groups is 1. The van der Waals surface area contributed by atoms with Gasteiger partial charge in [-0.1, -0.05) is 20.8 Å². The number of anilines is 1. The van der Waals surface area contributed by atoms with E-state index in [2.05, 4.69) is 4.98 Å². The summed E-state index contributed by atoms with van der Waals surface area (Å²) in [5.74, 6) is 0.594. The Labute approximate surface area is 119 Å². The van der Waals surface area contributed by atoms with E-state index in [9.17, 15) is 4.79 Å². The summed E-state index contributed by atoms with van der Waals surface area (Å²) in [5, 5.41) is 8.86. The molecular weight excluding hydrogens is 256 g/mol. The van der Waals surface area contributed by atoms with Gasteiger partial charge in [-0.05, 0) is 25.0 Å². The minimum absolute atomic E-state index is 0.0759. The molecule has 1 aliphatic heterocycles. The van der Waals surface area contributed by atoms with Crippen LogP contribution in [0.25, 0.3) is 0 Å². The highest BCUT2D eigenvalue weighted by Crippen LogP contribution is 2.33. The van der Waals surface area contributed by atoms with Crippen LogP contribution in [0.4, 0.5) is 5.69 Å². The van der Waals surface area contributed by atoms with Crippen LogP contribution in [0.15, 0.2) is 12.1 Å². The van der Waals surface area contributed by atoms with Gasteiger partial charge in [0.2, 0.25) is 11.8 Å². The number of nitrogens with zero attached hydrogens (tertiary/aromatic N) is 2. The zero-order chi connectivity index (χ0) is 14.8. The number of carbonyl (C=O) groups excluding carboxylic acids is 1. The van der Waals surface area contributed by atoms with Crippen molar-refractivity contribution in [3.8, 4) is 5.88 Å². The fraction of sp³-hybridized carbons (Fsp3) is 0.600. The van der Waals surface area contributed by atoms with Crippen molar-refractivity contribution in [1.29, 1.82) is 0 Å². The molecule has 5 heteroatoms. The second kappa shape index (κ2) is 5.79. The van der Waals surface area contributed by atoms with Crippen LogP contribution in [0.1, 0.15) is 32.9 Å². The Morgan fingerprint density at radius 3 is 2.85 bits per heavy atom. The number of aromatic nitrogens is 1. The van der Waals surface area contributed by atoms with Gasteiger partial charge in [0, 0.05) is 17.7 Å². The average molecular weight is 278 g/mol. The van der Waals surface area contributed by atoms with Crippen molar-refractivity contribution in [1.82, 2.24) is 4.98 Å². The Kier molecular flexibility index (Phi) is 4.28. The third-order valence-corrected chi connectivity index (χ3v) is 3.22. The zero-order valence-corrected chi connectivity index (χ0v) is 12.3. The Bertz CT molecular complexity index is 494. The van der Waals surface area contributed by atoms with Crippen LogP contribution in [-0.4, -0.2) is 35.8 Å². The third kappa shape index (κ3) is 3.10. The Balaban J connectivity index is 2.26. The molecule has 1 N–H and O–H groups in total. The lowest BCUT2D eigenvalue weighted by atomic mass is 9.94. The van der Waals surface area contributed by atoms with E-state index in [-0.39, 0.29) is 12.5 Å². The number of amides is 1. The highest BCUT2D eigenvalue weighted by Gasteiger charge is 2.32. The lowest BCUT2D eigenvalue weighted by Crippen LogP contribution is -2.44. The molecule has 0 fully saturated rings. The van der Waals surface area contributed by atoms with Crippen molar-refractivity contribution in [2.75, 3.05) is 24.7 Å².